The summed E-state index contributed by atoms with van der Waals surface area (Å²) in [6, 6.07) is 35.2. The Bertz CT molecular complexity index is 1750. The number of oxazole rings is 1. The van der Waals surface area contributed by atoms with Crippen molar-refractivity contribution in [3.63, 3.8) is 0 Å². The molecule has 0 atom stereocenters. The largest absolute Gasteiger partial charge is 0.423 e. The lowest BCUT2D eigenvalue weighted by atomic mass is 10.0. The molecule has 7 aromatic rings. The zero-order chi connectivity index (χ0) is 21.1. The highest BCUT2D eigenvalue weighted by molar-refractivity contribution is 6.10. The first-order valence-corrected chi connectivity index (χ1v) is 10.6. The number of imidazole rings is 1. The van der Waals surface area contributed by atoms with Crippen LogP contribution in [0.3, 0.4) is 0 Å². The molecular weight excluding hydrogens is 394 g/mol. The molecule has 4 heteroatoms. The van der Waals surface area contributed by atoms with E-state index in [1.807, 2.05) is 42.5 Å². The van der Waals surface area contributed by atoms with E-state index < -0.39 is 0 Å². The monoisotopic (exact) mass is 411 g/mol. The number of nitrogens with zero attached hydrogens (tertiary/aromatic N) is 3. The van der Waals surface area contributed by atoms with Crippen LogP contribution in [0.4, 0.5) is 0 Å². The number of fused-ring (bicyclic) bond motifs is 7. The van der Waals surface area contributed by atoms with Gasteiger partial charge in [0, 0.05) is 10.9 Å². The predicted octanol–water partition coefficient (Wildman–Crippen LogP) is 7.12. The van der Waals surface area contributed by atoms with E-state index in [0.717, 1.165) is 44.3 Å². The highest BCUT2D eigenvalue weighted by Crippen LogP contribution is 2.36. The van der Waals surface area contributed by atoms with Crippen LogP contribution < -0.4 is 0 Å². The Morgan fingerprint density at radius 3 is 2.16 bits per heavy atom. The molecule has 0 radical (unpaired) electrons. The molecule has 150 valence electrons. The van der Waals surface area contributed by atoms with Gasteiger partial charge in [-0.1, -0.05) is 84.9 Å². The van der Waals surface area contributed by atoms with Gasteiger partial charge in [-0.3, -0.25) is 4.40 Å². The third kappa shape index (κ3) is 2.44. The van der Waals surface area contributed by atoms with Gasteiger partial charge in [0.25, 0.3) is 0 Å². The van der Waals surface area contributed by atoms with E-state index >= 15 is 0 Å². The van der Waals surface area contributed by atoms with Crippen LogP contribution >= 0.6 is 0 Å². The molecule has 0 aliphatic rings. The average Bonchev–Trinajstić information content (AvgIpc) is 3.41. The normalized spacial score (nSPS) is 11.8. The van der Waals surface area contributed by atoms with E-state index in [2.05, 4.69) is 65.1 Å². The molecule has 0 amide bonds. The quantitative estimate of drug-likeness (QED) is 0.304. The molecular formula is C28H17N3O. The van der Waals surface area contributed by atoms with Gasteiger partial charge in [0.15, 0.2) is 5.58 Å². The Hall–Kier alpha value is -4.44. The maximum Gasteiger partial charge on any atom is 0.307 e. The number of pyridine rings is 1. The lowest BCUT2D eigenvalue weighted by molar-refractivity contribution is 0.643. The first-order chi connectivity index (χ1) is 15.9. The Morgan fingerprint density at radius 2 is 1.28 bits per heavy atom. The number of rotatable bonds is 2. The highest BCUT2D eigenvalue weighted by Gasteiger charge is 2.20. The molecule has 7 rings (SSSR count). The number of para-hydroxylation sites is 3. The van der Waals surface area contributed by atoms with Gasteiger partial charge in [0.05, 0.1) is 16.7 Å². The van der Waals surface area contributed by atoms with Crippen molar-refractivity contribution in [2.24, 2.45) is 0 Å². The van der Waals surface area contributed by atoms with Crippen LogP contribution in [0.15, 0.2) is 108 Å². The van der Waals surface area contributed by atoms with Gasteiger partial charge in [-0.2, -0.15) is 4.98 Å². The van der Waals surface area contributed by atoms with E-state index in [9.17, 15) is 0 Å². The van der Waals surface area contributed by atoms with Gasteiger partial charge >= 0.3 is 5.84 Å². The first-order valence-electron chi connectivity index (χ1n) is 10.6. The standard InChI is InChI=1S/C28H17N3O/c1-2-8-18(9-3-1)19-14-16-20(17-15-19)25-27-26(21-10-4-5-11-22(21)29-25)30-28-31(27)23-12-6-7-13-24(23)32-28/h1-17H. The number of aromatic nitrogens is 3. The molecule has 0 fully saturated rings. The van der Waals surface area contributed by atoms with Crippen molar-refractivity contribution in [1.29, 1.82) is 0 Å². The predicted molar refractivity (Wildman–Crippen MR) is 129 cm³/mol. The lowest BCUT2D eigenvalue weighted by Gasteiger charge is -2.08. The third-order valence-corrected chi connectivity index (χ3v) is 6.04. The fourth-order valence-corrected chi connectivity index (χ4v) is 4.52. The molecule has 4 aromatic carbocycles. The van der Waals surface area contributed by atoms with Gasteiger partial charge in [-0.05, 0) is 29.3 Å². The van der Waals surface area contributed by atoms with Crippen molar-refractivity contribution in [2.45, 2.75) is 0 Å². The Balaban J connectivity index is 1.56. The fourth-order valence-electron chi connectivity index (χ4n) is 4.52. The summed E-state index contributed by atoms with van der Waals surface area (Å²) in [7, 11) is 0. The Morgan fingerprint density at radius 1 is 0.594 bits per heavy atom. The summed E-state index contributed by atoms with van der Waals surface area (Å²) in [5, 5.41) is 1.02. The van der Waals surface area contributed by atoms with E-state index in [-0.39, 0.29) is 0 Å². The SMILES string of the molecule is c1ccc(-c2ccc(-c3nc4ccccc4c4nc5oc6ccccc6n5c34)cc2)cc1. The second-order valence-corrected chi connectivity index (χ2v) is 7.92. The van der Waals surface area contributed by atoms with E-state index in [0.29, 0.717) is 5.84 Å². The maximum absolute atomic E-state index is 6.08. The van der Waals surface area contributed by atoms with Crippen LogP contribution in [0.1, 0.15) is 0 Å². The molecule has 0 bridgehead atoms. The smallest absolute Gasteiger partial charge is 0.307 e. The zero-order valence-corrected chi connectivity index (χ0v) is 17.1. The zero-order valence-electron chi connectivity index (χ0n) is 17.1. The van der Waals surface area contributed by atoms with Crippen LogP contribution in [0.5, 0.6) is 0 Å². The summed E-state index contributed by atoms with van der Waals surface area (Å²) in [6.45, 7) is 0. The van der Waals surface area contributed by atoms with Crippen molar-refractivity contribution in [1.82, 2.24) is 14.4 Å². The minimum atomic E-state index is 0.585. The van der Waals surface area contributed by atoms with E-state index in [1.54, 1.807) is 0 Å². The third-order valence-electron chi connectivity index (χ3n) is 6.04. The molecule has 32 heavy (non-hydrogen) atoms. The molecule has 3 heterocycles. The molecule has 0 unspecified atom stereocenters. The van der Waals surface area contributed by atoms with Crippen molar-refractivity contribution in [2.75, 3.05) is 0 Å². The van der Waals surface area contributed by atoms with Gasteiger partial charge in [-0.15, -0.1) is 0 Å². The summed E-state index contributed by atoms with van der Waals surface area (Å²) in [6.07, 6.45) is 0. The van der Waals surface area contributed by atoms with Gasteiger partial charge in [-0.25, -0.2) is 4.98 Å². The molecule has 0 aliphatic heterocycles. The Labute approximate surface area is 183 Å². The van der Waals surface area contributed by atoms with Crippen molar-refractivity contribution in [3.8, 4) is 22.4 Å². The molecule has 0 saturated heterocycles. The average molecular weight is 411 g/mol. The molecule has 0 spiro atoms. The first kappa shape index (κ1) is 17.3. The van der Waals surface area contributed by atoms with E-state index in [4.69, 9.17) is 14.4 Å². The second-order valence-electron chi connectivity index (χ2n) is 7.92. The number of benzene rings is 4. The summed E-state index contributed by atoms with van der Waals surface area (Å²) in [5.74, 6) is 0.585. The highest BCUT2D eigenvalue weighted by atomic mass is 16.4. The molecule has 0 saturated carbocycles. The molecule has 0 N–H and O–H groups in total. The van der Waals surface area contributed by atoms with Crippen LogP contribution in [0, 0.1) is 0 Å². The maximum atomic E-state index is 6.08. The molecule has 4 nitrogen and oxygen atoms in total. The van der Waals surface area contributed by atoms with Crippen molar-refractivity contribution < 1.29 is 4.42 Å². The van der Waals surface area contributed by atoms with Crippen molar-refractivity contribution in [3.05, 3.63) is 103 Å². The molecule has 3 aromatic heterocycles. The molecule has 0 aliphatic carbocycles. The summed E-state index contributed by atoms with van der Waals surface area (Å²) < 4.78 is 8.17. The summed E-state index contributed by atoms with van der Waals surface area (Å²) in [5.41, 5.74) is 8.93. The lowest BCUT2D eigenvalue weighted by Crippen LogP contribution is -1.92. The number of hydrogen-bond acceptors (Lipinski definition) is 3. The van der Waals surface area contributed by atoms with E-state index in [1.165, 1.54) is 11.1 Å². The fraction of sp³-hybridized carbons (Fsp3) is 0. The van der Waals surface area contributed by atoms with Gasteiger partial charge < -0.3 is 4.42 Å². The van der Waals surface area contributed by atoms with Gasteiger partial charge in [0.1, 0.15) is 11.0 Å². The summed E-state index contributed by atoms with van der Waals surface area (Å²) in [4.78, 5) is 9.97. The van der Waals surface area contributed by atoms with Crippen LogP contribution in [0.25, 0.3) is 61.3 Å². The minimum absolute atomic E-state index is 0.585. The van der Waals surface area contributed by atoms with Crippen LogP contribution in [-0.2, 0) is 0 Å². The van der Waals surface area contributed by atoms with Crippen LogP contribution in [-0.4, -0.2) is 14.4 Å². The second kappa shape index (κ2) is 6.53. The topological polar surface area (TPSA) is 43.3 Å². The minimum Gasteiger partial charge on any atom is -0.423 e. The summed E-state index contributed by atoms with van der Waals surface area (Å²) >= 11 is 0. The van der Waals surface area contributed by atoms with Crippen LogP contribution in [0.2, 0.25) is 0 Å². The number of hydrogen-bond donors (Lipinski definition) is 0. The van der Waals surface area contributed by atoms with Crippen molar-refractivity contribution >= 4 is 38.9 Å². The van der Waals surface area contributed by atoms with Gasteiger partial charge in [0.2, 0.25) is 0 Å². The Kier molecular flexibility index (Phi) is 3.52.